The SMILES string of the molecule is COc1ccccc1NC(=O)CS(=O)(=O)c1ccc(Cl)cc1. The van der Waals surface area contributed by atoms with Crippen molar-refractivity contribution in [2.24, 2.45) is 0 Å². The number of sulfone groups is 1. The van der Waals surface area contributed by atoms with Crippen LogP contribution in [0.5, 0.6) is 5.75 Å². The van der Waals surface area contributed by atoms with E-state index in [9.17, 15) is 13.2 Å². The molecule has 7 heteroatoms. The van der Waals surface area contributed by atoms with Crippen molar-refractivity contribution in [1.29, 1.82) is 0 Å². The Morgan fingerprint density at radius 1 is 1.14 bits per heavy atom. The third-order valence-electron chi connectivity index (χ3n) is 2.87. The Morgan fingerprint density at radius 3 is 2.41 bits per heavy atom. The van der Waals surface area contributed by atoms with Crippen molar-refractivity contribution in [2.75, 3.05) is 18.2 Å². The highest BCUT2D eigenvalue weighted by molar-refractivity contribution is 7.92. The summed E-state index contributed by atoms with van der Waals surface area (Å²) in [7, 11) is -2.26. The van der Waals surface area contributed by atoms with E-state index >= 15 is 0 Å². The lowest BCUT2D eigenvalue weighted by molar-refractivity contribution is -0.113. The molecule has 0 saturated heterocycles. The molecule has 2 aromatic rings. The number of carbonyl (C=O) groups excluding carboxylic acids is 1. The average molecular weight is 340 g/mol. The predicted molar refractivity (Wildman–Crippen MR) is 85.1 cm³/mol. The van der Waals surface area contributed by atoms with Gasteiger partial charge in [0.05, 0.1) is 17.7 Å². The van der Waals surface area contributed by atoms with E-state index in [1.54, 1.807) is 24.3 Å². The molecule has 0 atom stereocenters. The van der Waals surface area contributed by atoms with Gasteiger partial charge >= 0.3 is 0 Å². The molecule has 1 N–H and O–H groups in total. The minimum absolute atomic E-state index is 0.0482. The number of halogens is 1. The number of ether oxygens (including phenoxy) is 1. The number of amides is 1. The van der Waals surface area contributed by atoms with Gasteiger partial charge in [-0.25, -0.2) is 8.42 Å². The molecule has 0 spiro atoms. The summed E-state index contributed by atoms with van der Waals surface area (Å²) < 4.78 is 29.4. The molecule has 116 valence electrons. The number of para-hydroxylation sites is 2. The molecule has 0 aliphatic rings. The lowest BCUT2D eigenvalue weighted by atomic mass is 10.3. The van der Waals surface area contributed by atoms with Crippen LogP contribution in [0.15, 0.2) is 53.4 Å². The molecule has 22 heavy (non-hydrogen) atoms. The second kappa shape index (κ2) is 6.81. The molecule has 0 saturated carbocycles. The van der Waals surface area contributed by atoms with E-state index in [2.05, 4.69) is 5.32 Å². The Morgan fingerprint density at radius 2 is 1.77 bits per heavy atom. The number of benzene rings is 2. The van der Waals surface area contributed by atoms with Crippen molar-refractivity contribution in [3.63, 3.8) is 0 Å². The van der Waals surface area contributed by atoms with Gasteiger partial charge in [-0.05, 0) is 36.4 Å². The van der Waals surface area contributed by atoms with Crippen molar-refractivity contribution >= 4 is 33.0 Å². The molecule has 0 aliphatic heterocycles. The maximum Gasteiger partial charge on any atom is 0.240 e. The van der Waals surface area contributed by atoms with E-state index in [0.717, 1.165) is 0 Å². The van der Waals surface area contributed by atoms with Crippen LogP contribution in [-0.4, -0.2) is 27.2 Å². The maximum atomic E-state index is 12.2. The van der Waals surface area contributed by atoms with Crippen LogP contribution in [0.25, 0.3) is 0 Å². The van der Waals surface area contributed by atoms with E-state index in [1.807, 2.05) is 0 Å². The van der Waals surface area contributed by atoms with Gasteiger partial charge in [0.15, 0.2) is 9.84 Å². The highest BCUT2D eigenvalue weighted by atomic mass is 35.5. The van der Waals surface area contributed by atoms with Crippen LogP contribution in [0, 0.1) is 0 Å². The summed E-state index contributed by atoms with van der Waals surface area (Å²) in [5, 5.41) is 2.96. The molecule has 5 nitrogen and oxygen atoms in total. The fraction of sp³-hybridized carbons (Fsp3) is 0.133. The maximum absolute atomic E-state index is 12.2. The number of anilines is 1. The van der Waals surface area contributed by atoms with Gasteiger partial charge in [-0.3, -0.25) is 4.79 Å². The van der Waals surface area contributed by atoms with Crippen LogP contribution in [0.4, 0.5) is 5.69 Å². The number of nitrogens with one attached hydrogen (secondary N) is 1. The van der Waals surface area contributed by atoms with Crippen molar-refractivity contribution in [3.05, 3.63) is 53.6 Å². The Kier molecular flexibility index (Phi) is 5.05. The molecule has 0 unspecified atom stereocenters. The standard InChI is InChI=1S/C15H14ClNO4S/c1-21-14-5-3-2-4-13(14)17-15(18)10-22(19,20)12-8-6-11(16)7-9-12/h2-9H,10H2,1H3,(H,17,18). The first-order valence-electron chi connectivity index (χ1n) is 6.33. The monoisotopic (exact) mass is 339 g/mol. The first kappa shape index (κ1) is 16.3. The molecule has 0 bridgehead atoms. The van der Waals surface area contributed by atoms with Crippen molar-refractivity contribution in [3.8, 4) is 5.75 Å². The van der Waals surface area contributed by atoms with Crippen molar-refractivity contribution < 1.29 is 17.9 Å². The van der Waals surface area contributed by atoms with Gasteiger partial charge in [-0.2, -0.15) is 0 Å². The van der Waals surface area contributed by atoms with Crippen molar-refractivity contribution in [1.82, 2.24) is 0 Å². The molecule has 0 radical (unpaired) electrons. The number of carbonyl (C=O) groups is 1. The first-order valence-corrected chi connectivity index (χ1v) is 8.36. The van der Waals surface area contributed by atoms with Crippen LogP contribution in [-0.2, 0) is 14.6 Å². The fourth-order valence-corrected chi connectivity index (χ4v) is 3.09. The van der Waals surface area contributed by atoms with Gasteiger partial charge in [0.2, 0.25) is 5.91 Å². The molecule has 1 amide bonds. The molecule has 0 fully saturated rings. The van der Waals surface area contributed by atoms with Crippen LogP contribution >= 0.6 is 11.6 Å². The van der Waals surface area contributed by atoms with Crippen LogP contribution in [0.3, 0.4) is 0 Å². The summed E-state index contributed by atoms with van der Waals surface area (Å²) in [6, 6.07) is 12.4. The van der Waals surface area contributed by atoms with Crippen LogP contribution in [0.2, 0.25) is 5.02 Å². The summed E-state index contributed by atoms with van der Waals surface area (Å²) in [5.41, 5.74) is 0.418. The summed E-state index contributed by atoms with van der Waals surface area (Å²) in [6.07, 6.45) is 0. The number of hydrogen-bond acceptors (Lipinski definition) is 4. The molecule has 2 rings (SSSR count). The van der Waals surface area contributed by atoms with Crippen LogP contribution < -0.4 is 10.1 Å². The first-order chi connectivity index (χ1) is 10.4. The molecule has 2 aromatic carbocycles. The van der Waals surface area contributed by atoms with Gasteiger partial charge in [0.25, 0.3) is 0 Å². The summed E-state index contributed by atoms with van der Waals surface area (Å²) >= 11 is 5.72. The molecule has 0 aromatic heterocycles. The number of rotatable bonds is 5. The zero-order chi connectivity index (χ0) is 16.2. The third-order valence-corrected chi connectivity index (χ3v) is 4.76. The average Bonchev–Trinajstić information content (AvgIpc) is 2.47. The quantitative estimate of drug-likeness (QED) is 0.909. The molecular weight excluding hydrogens is 326 g/mol. The Bertz CT molecular complexity index is 772. The second-order valence-corrected chi connectivity index (χ2v) is 6.89. The summed E-state index contributed by atoms with van der Waals surface area (Å²) in [6.45, 7) is 0. The van der Waals surface area contributed by atoms with E-state index in [-0.39, 0.29) is 4.90 Å². The lowest BCUT2D eigenvalue weighted by Gasteiger charge is -2.10. The summed E-state index contributed by atoms with van der Waals surface area (Å²) in [5.74, 6) is -0.841. The highest BCUT2D eigenvalue weighted by Crippen LogP contribution is 2.23. The van der Waals surface area contributed by atoms with Crippen LogP contribution in [0.1, 0.15) is 0 Å². The zero-order valence-corrected chi connectivity index (χ0v) is 13.3. The van der Waals surface area contributed by atoms with E-state index < -0.39 is 21.5 Å². The van der Waals surface area contributed by atoms with E-state index in [4.69, 9.17) is 16.3 Å². The normalized spacial score (nSPS) is 11.0. The topological polar surface area (TPSA) is 72.5 Å². The van der Waals surface area contributed by atoms with Gasteiger partial charge in [0.1, 0.15) is 11.5 Å². The minimum Gasteiger partial charge on any atom is -0.495 e. The van der Waals surface area contributed by atoms with Gasteiger partial charge < -0.3 is 10.1 Å². The van der Waals surface area contributed by atoms with E-state index in [0.29, 0.717) is 16.5 Å². The third kappa shape index (κ3) is 3.99. The second-order valence-electron chi connectivity index (χ2n) is 4.46. The van der Waals surface area contributed by atoms with Gasteiger partial charge in [-0.1, -0.05) is 23.7 Å². The van der Waals surface area contributed by atoms with E-state index in [1.165, 1.54) is 31.4 Å². The zero-order valence-electron chi connectivity index (χ0n) is 11.7. The molecular formula is C15H14ClNO4S. The minimum atomic E-state index is -3.73. The lowest BCUT2D eigenvalue weighted by Crippen LogP contribution is -2.23. The Labute approximate surface area is 133 Å². The number of hydrogen-bond donors (Lipinski definition) is 1. The summed E-state index contributed by atoms with van der Waals surface area (Å²) in [4.78, 5) is 12.0. The highest BCUT2D eigenvalue weighted by Gasteiger charge is 2.20. The smallest absolute Gasteiger partial charge is 0.240 e. The largest absolute Gasteiger partial charge is 0.495 e. The Balaban J connectivity index is 2.13. The van der Waals surface area contributed by atoms with Gasteiger partial charge in [0, 0.05) is 5.02 Å². The van der Waals surface area contributed by atoms with Crippen molar-refractivity contribution in [2.45, 2.75) is 4.90 Å². The Hall–Kier alpha value is -2.05. The fourth-order valence-electron chi connectivity index (χ4n) is 1.83. The molecule has 0 heterocycles. The molecule has 0 aliphatic carbocycles. The number of methoxy groups -OCH3 is 1. The predicted octanol–water partition coefficient (Wildman–Crippen LogP) is 2.76. The van der Waals surface area contributed by atoms with Gasteiger partial charge in [-0.15, -0.1) is 0 Å².